The lowest BCUT2D eigenvalue weighted by molar-refractivity contribution is -0.143. The second-order valence-corrected chi connectivity index (χ2v) is 6.74. The van der Waals surface area contributed by atoms with Gasteiger partial charge < -0.3 is 10.4 Å². The van der Waals surface area contributed by atoms with Crippen LogP contribution >= 0.6 is 0 Å². The first-order chi connectivity index (χ1) is 13.4. The van der Waals surface area contributed by atoms with Crippen LogP contribution in [0.25, 0.3) is 10.9 Å². The second kappa shape index (κ2) is 7.99. The molecule has 1 amide bonds. The van der Waals surface area contributed by atoms with Crippen LogP contribution in [0.1, 0.15) is 25.5 Å². The summed E-state index contributed by atoms with van der Waals surface area (Å²) in [6, 6.07) is 13.1. The zero-order chi connectivity index (χ0) is 20.3. The van der Waals surface area contributed by atoms with Crippen molar-refractivity contribution in [1.82, 2.24) is 20.3 Å². The van der Waals surface area contributed by atoms with Gasteiger partial charge in [0.2, 0.25) is 5.91 Å². The lowest BCUT2D eigenvalue weighted by atomic mass is 10.0. The molecule has 0 spiro atoms. The van der Waals surface area contributed by atoms with Crippen molar-refractivity contribution in [2.75, 3.05) is 0 Å². The third kappa shape index (κ3) is 3.75. The number of carbonyl (C=O) groups is 2. The zero-order valence-corrected chi connectivity index (χ0v) is 15.4. The number of nitrogens with one attached hydrogen (secondary N) is 1. The topological polar surface area (TPSA) is 114 Å². The first-order valence-corrected chi connectivity index (χ1v) is 8.82. The number of hydrogen-bond acceptors (Lipinski definition) is 5. The standard InChI is InChI=1S/C20H20N4O4/c1-12(2)16(20(27)28)21-18(25)17(13-8-4-3-5-9-13)24-19(26)14-10-6-7-11-15(14)22-23-24/h3-12,16-17H,1-2H3,(H,21,25)(H,27,28). The fourth-order valence-corrected chi connectivity index (χ4v) is 2.96. The maximum absolute atomic E-state index is 13.0. The zero-order valence-electron chi connectivity index (χ0n) is 15.4. The molecule has 0 aliphatic rings. The minimum absolute atomic E-state index is 0.324. The number of carbonyl (C=O) groups excluding carboxylic acids is 1. The normalized spacial score (nSPS) is 13.2. The number of carboxylic acid groups (broad SMARTS) is 1. The number of hydrogen-bond donors (Lipinski definition) is 2. The Hall–Kier alpha value is -3.55. The van der Waals surface area contributed by atoms with E-state index < -0.39 is 29.5 Å². The molecule has 0 bridgehead atoms. The van der Waals surface area contributed by atoms with Crippen LogP contribution in [0.5, 0.6) is 0 Å². The van der Waals surface area contributed by atoms with Gasteiger partial charge in [0, 0.05) is 0 Å². The number of fused-ring (bicyclic) bond motifs is 1. The maximum atomic E-state index is 13.0. The van der Waals surface area contributed by atoms with Gasteiger partial charge in [0.15, 0.2) is 6.04 Å². The number of aliphatic carboxylic acids is 1. The number of rotatable bonds is 6. The molecule has 8 heteroatoms. The summed E-state index contributed by atoms with van der Waals surface area (Å²) in [5.74, 6) is -2.12. The van der Waals surface area contributed by atoms with Gasteiger partial charge in [0.05, 0.1) is 5.39 Å². The Kier molecular flexibility index (Phi) is 5.49. The summed E-state index contributed by atoms with van der Waals surface area (Å²) in [5, 5.41) is 20.2. The number of aromatic nitrogens is 3. The molecule has 0 fully saturated rings. The minimum atomic E-state index is -1.15. The summed E-state index contributed by atoms with van der Waals surface area (Å²) < 4.78 is 0.992. The Labute approximate surface area is 160 Å². The van der Waals surface area contributed by atoms with Crippen LogP contribution in [-0.4, -0.2) is 38.0 Å². The molecule has 2 atom stereocenters. The van der Waals surface area contributed by atoms with Gasteiger partial charge in [-0.05, 0) is 23.6 Å². The van der Waals surface area contributed by atoms with E-state index in [-0.39, 0.29) is 5.92 Å². The number of amides is 1. The lowest BCUT2D eigenvalue weighted by Crippen LogP contribution is -2.48. The molecule has 0 radical (unpaired) electrons. The quantitative estimate of drug-likeness (QED) is 0.671. The van der Waals surface area contributed by atoms with Crippen molar-refractivity contribution in [3.05, 3.63) is 70.5 Å². The van der Waals surface area contributed by atoms with Crippen LogP contribution < -0.4 is 10.9 Å². The Morgan fingerprint density at radius 3 is 2.32 bits per heavy atom. The monoisotopic (exact) mass is 380 g/mol. The molecule has 8 nitrogen and oxygen atoms in total. The summed E-state index contributed by atoms with van der Waals surface area (Å²) in [4.78, 5) is 37.5. The number of nitrogens with zero attached hydrogens (tertiary/aromatic N) is 3. The van der Waals surface area contributed by atoms with Crippen LogP contribution in [0.15, 0.2) is 59.4 Å². The third-order valence-corrected chi connectivity index (χ3v) is 4.43. The first kappa shape index (κ1) is 19.2. The van der Waals surface area contributed by atoms with Gasteiger partial charge >= 0.3 is 5.97 Å². The molecule has 1 aromatic heterocycles. The molecule has 144 valence electrons. The molecule has 0 saturated carbocycles. The molecule has 3 aromatic rings. The molecular formula is C20H20N4O4. The van der Waals surface area contributed by atoms with Crippen molar-refractivity contribution >= 4 is 22.8 Å². The Bertz CT molecular complexity index is 1060. The summed E-state index contributed by atoms with van der Waals surface area (Å²) in [6.07, 6.45) is 0. The van der Waals surface area contributed by atoms with Crippen molar-refractivity contribution in [3.63, 3.8) is 0 Å². The van der Waals surface area contributed by atoms with Crippen LogP contribution in [-0.2, 0) is 9.59 Å². The molecule has 0 aliphatic carbocycles. The fraction of sp³-hybridized carbons (Fsp3) is 0.250. The number of benzene rings is 2. The molecular weight excluding hydrogens is 360 g/mol. The largest absolute Gasteiger partial charge is 0.480 e. The van der Waals surface area contributed by atoms with Crippen molar-refractivity contribution in [3.8, 4) is 0 Å². The molecule has 2 unspecified atom stereocenters. The molecule has 3 rings (SSSR count). The maximum Gasteiger partial charge on any atom is 0.326 e. The molecule has 2 N–H and O–H groups in total. The molecule has 0 aliphatic heterocycles. The van der Waals surface area contributed by atoms with Crippen LogP contribution in [0, 0.1) is 5.92 Å². The average Bonchev–Trinajstić information content (AvgIpc) is 2.68. The summed E-state index contributed by atoms with van der Waals surface area (Å²) in [6.45, 7) is 3.39. The molecule has 2 aromatic carbocycles. The highest BCUT2D eigenvalue weighted by atomic mass is 16.4. The number of carboxylic acids is 1. The van der Waals surface area contributed by atoms with E-state index in [1.54, 1.807) is 68.4 Å². The van der Waals surface area contributed by atoms with E-state index in [2.05, 4.69) is 15.6 Å². The van der Waals surface area contributed by atoms with E-state index in [1.807, 2.05) is 0 Å². The van der Waals surface area contributed by atoms with Gasteiger partial charge in [0.1, 0.15) is 11.6 Å². The van der Waals surface area contributed by atoms with Gasteiger partial charge in [-0.25, -0.2) is 4.79 Å². The van der Waals surface area contributed by atoms with Crippen LogP contribution in [0.3, 0.4) is 0 Å². The van der Waals surface area contributed by atoms with E-state index >= 15 is 0 Å². The summed E-state index contributed by atoms with van der Waals surface area (Å²) in [7, 11) is 0. The van der Waals surface area contributed by atoms with E-state index in [1.165, 1.54) is 0 Å². The lowest BCUT2D eigenvalue weighted by Gasteiger charge is -2.23. The van der Waals surface area contributed by atoms with Gasteiger partial charge in [0.25, 0.3) is 5.56 Å². The smallest absolute Gasteiger partial charge is 0.326 e. The summed E-state index contributed by atoms with van der Waals surface area (Å²) >= 11 is 0. The molecule has 1 heterocycles. The van der Waals surface area contributed by atoms with Crippen molar-refractivity contribution in [1.29, 1.82) is 0 Å². The predicted molar refractivity (Wildman–Crippen MR) is 103 cm³/mol. The fourth-order valence-electron chi connectivity index (χ4n) is 2.96. The van der Waals surface area contributed by atoms with Crippen molar-refractivity contribution in [2.45, 2.75) is 25.9 Å². The van der Waals surface area contributed by atoms with Crippen molar-refractivity contribution in [2.24, 2.45) is 5.92 Å². The highest BCUT2D eigenvalue weighted by molar-refractivity contribution is 5.88. The molecule has 28 heavy (non-hydrogen) atoms. The third-order valence-electron chi connectivity index (χ3n) is 4.43. The van der Waals surface area contributed by atoms with E-state index in [0.29, 0.717) is 16.5 Å². The highest BCUT2D eigenvalue weighted by Crippen LogP contribution is 2.18. The highest BCUT2D eigenvalue weighted by Gasteiger charge is 2.31. The SMILES string of the molecule is CC(C)C(NC(=O)C(c1ccccc1)n1nnc2ccccc2c1=O)C(=O)O. The van der Waals surface area contributed by atoms with Gasteiger partial charge in [-0.15, -0.1) is 5.10 Å². The van der Waals surface area contributed by atoms with Gasteiger partial charge in [-0.3, -0.25) is 9.59 Å². The summed E-state index contributed by atoms with van der Waals surface area (Å²) in [5.41, 5.74) is 0.437. The second-order valence-electron chi connectivity index (χ2n) is 6.74. The van der Waals surface area contributed by atoms with E-state index in [0.717, 1.165) is 4.68 Å². The Morgan fingerprint density at radius 2 is 1.68 bits per heavy atom. The van der Waals surface area contributed by atoms with Gasteiger partial charge in [-0.1, -0.05) is 61.5 Å². The van der Waals surface area contributed by atoms with Crippen molar-refractivity contribution < 1.29 is 14.7 Å². The van der Waals surface area contributed by atoms with Crippen LogP contribution in [0.4, 0.5) is 0 Å². The Morgan fingerprint density at radius 1 is 1.04 bits per heavy atom. The van der Waals surface area contributed by atoms with E-state index in [4.69, 9.17) is 0 Å². The Balaban J connectivity index is 2.11. The minimum Gasteiger partial charge on any atom is -0.480 e. The van der Waals surface area contributed by atoms with Crippen LogP contribution in [0.2, 0.25) is 0 Å². The molecule has 0 saturated heterocycles. The van der Waals surface area contributed by atoms with Gasteiger partial charge in [-0.2, -0.15) is 4.68 Å². The first-order valence-electron chi connectivity index (χ1n) is 8.82. The average molecular weight is 380 g/mol. The van der Waals surface area contributed by atoms with E-state index in [9.17, 15) is 19.5 Å². The predicted octanol–water partition coefficient (Wildman–Crippen LogP) is 1.61.